The molecule has 0 bridgehead atoms. The fraction of sp³-hybridized carbons (Fsp3) is 0.706. The Morgan fingerprint density at radius 2 is 1.80 bits per heavy atom. The first-order chi connectivity index (χ1) is 21.4. The van der Waals surface area contributed by atoms with Crippen molar-refractivity contribution in [3.8, 4) is 5.75 Å². The molecule has 3 atom stereocenters. The van der Waals surface area contributed by atoms with Crippen LogP contribution in [0.4, 0.5) is 4.79 Å². The van der Waals surface area contributed by atoms with E-state index in [0.29, 0.717) is 56.3 Å². The second kappa shape index (κ2) is 14.8. The number of nitrogens with zero attached hydrogens (tertiary/aromatic N) is 5. The van der Waals surface area contributed by atoms with Crippen LogP contribution in [-0.2, 0) is 16.1 Å². The van der Waals surface area contributed by atoms with Crippen LogP contribution in [0, 0.1) is 17.3 Å². The highest BCUT2D eigenvalue weighted by molar-refractivity contribution is 5.96. The molecule has 0 saturated carbocycles. The summed E-state index contributed by atoms with van der Waals surface area (Å²) in [6.07, 6.45) is 3.95. The summed E-state index contributed by atoms with van der Waals surface area (Å²) >= 11 is 0. The average Bonchev–Trinajstić information content (AvgIpc) is 3.39. The number of hydrogen-bond donors (Lipinski definition) is 1. The van der Waals surface area contributed by atoms with Crippen LogP contribution in [0.5, 0.6) is 5.75 Å². The van der Waals surface area contributed by atoms with Crippen molar-refractivity contribution >= 4 is 28.9 Å². The standard InChI is InChI=1S/C34H53N5O6/c1-23(2)21-38(32(41)30-35-28-25(14-13-15-27(28)45-7)37(30)18-11-12-19-44-6)26-20-24(31(40)36-16-9-8-10-17-36)22-39(33(42)43)29(26)34(3,4)5/h13-15,23-24,26,29H,8-12,16-22H2,1-7H3,(H,42,43)/t24-,26+,29?/m1/s1. The SMILES string of the molecule is COCCCCn1c(C(=O)N(CC(C)C)[C@H]2C[C@@H](C(=O)N3CCCCC3)CN(C(=O)O)C2C(C)(C)C)nc2c(OC)cccc21. The molecule has 2 aliphatic heterocycles. The lowest BCUT2D eigenvalue weighted by Gasteiger charge is -2.52. The van der Waals surface area contributed by atoms with Gasteiger partial charge in [0.05, 0.1) is 30.6 Å². The Morgan fingerprint density at radius 3 is 2.40 bits per heavy atom. The lowest BCUT2D eigenvalue weighted by atomic mass is 9.74. The molecule has 1 aromatic carbocycles. The molecule has 250 valence electrons. The van der Waals surface area contributed by atoms with Gasteiger partial charge in [-0.05, 0) is 62.0 Å². The van der Waals surface area contributed by atoms with Crippen molar-refractivity contribution in [3.63, 3.8) is 0 Å². The Balaban J connectivity index is 1.82. The third-order valence-electron chi connectivity index (χ3n) is 9.15. The third kappa shape index (κ3) is 7.73. The van der Waals surface area contributed by atoms with E-state index in [4.69, 9.17) is 14.5 Å². The number of methoxy groups -OCH3 is 2. The first-order valence-electron chi connectivity index (χ1n) is 16.5. The van der Waals surface area contributed by atoms with Crippen molar-refractivity contribution in [2.75, 3.05) is 47.0 Å². The number of benzene rings is 1. The van der Waals surface area contributed by atoms with E-state index >= 15 is 0 Å². The van der Waals surface area contributed by atoms with Gasteiger partial charge in [0, 0.05) is 46.4 Å². The molecule has 0 radical (unpaired) electrons. The van der Waals surface area contributed by atoms with Crippen molar-refractivity contribution in [3.05, 3.63) is 24.0 Å². The Morgan fingerprint density at radius 1 is 1.09 bits per heavy atom. The number of aryl methyl sites for hydroxylation is 1. The van der Waals surface area contributed by atoms with Crippen LogP contribution in [0.3, 0.4) is 0 Å². The maximum absolute atomic E-state index is 14.9. The molecule has 2 aliphatic rings. The largest absolute Gasteiger partial charge is 0.494 e. The number of piperidine rings is 2. The molecule has 1 aromatic heterocycles. The number of amides is 3. The normalized spacial score (nSPS) is 20.9. The molecule has 4 rings (SSSR count). The minimum atomic E-state index is -1.07. The summed E-state index contributed by atoms with van der Waals surface area (Å²) < 4.78 is 12.9. The number of carbonyl (C=O) groups excluding carboxylic acids is 2. The van der Waals surface area contributed by atoms with Gasteiger partial charge in [0.1, 0.15) is 11.3 Å². The summed E-state index contributed by atoms with van der Waals surface area (Å²) in [5, 5.41) is 10.5. The summed E-state index contributed by atoms with van der Waals surface area (Å²) in [5.41, 5.74) is 0.920. The minimum absolute atomic E-state index is 0.00891. The number of fused-ring (bicyclic) bond motifs is 1. The molecule has 3 heterocycles. The smallest absolute Gasteiger partial charge is 0.407 e. The molecule has 2 aromatic rings. The van der Waals surface area contributed by atoms with Crippen molar-refractivity contribution in [2.45, 2.75) is 91.8 Å². The number of carbonyl (C=O) groups is 3. The fourth-order valence-electron chi connectivity index (χ4n) is 7.23. The van der Waals surface area contributed by atoms with Crippen LogP contribution < -0.4 is 4.74 Å². The first kappa shape index (κ1) is 34.5. The van der Waals surface area contributed by atoms with Crippen molar-refractivity contribution in [1.82, 2.24) is 24.3 Å². The molecule has 1 unspecified atom stereocenters. The van der Waals surface area contributed by atoms with Gasteiger partial charge in [-0.1, -0.05) is 40.7 Å². The number of para-hydroxylation sites is 1. The van der Waals surface area contributed by atoms with Gasteiger partial charge in [0.25, 0.3) is 5.91 Å². The van der Waals surface area contributed by atoms with Crippen molar-refractivity contribution in [2.24, 2.45) is 17.3 Å². The Hall–Kier alpha value is -3.34. The quantitative estimate of drug-likeness (QED) is 0.333. The van der Waals surface area contributed by atoms with Crippen LogP contribution in [-0.4, -0.2) is 106 Å². The van der Waals surface area contributed by atoms with Crippen LogP contribution in [0.15, 0.2) is 18.2 Å². The van der Waals surface area contributed by atoms with Gasteiger partial charge >= 0.3 is 6.09 Å². The van der Waals surface area contributed by atoms with Crippen LogP contribution in [0.2, 0.25) is 0 Å². The topological polar surface area (TPSA) is 117 Å². The predicted octanol–water partition coefficient (Wildman–Crippen LogP) is 5.37. The Labute approximate surface area is 267 Å². The van der Waals surface area contributed by atoms with Gasteiger partial charge in [-0.3, -0.25) is 9.59 Å². The molecule has 11 heteroatoms. The highest BCUT2D eigenvalue weighted by Gasteiger charge is 2.50. The summed E-state index contributed by atoms with van der Waals surface area (Å²) in [5.74, 6) is 0.182. The molecular formula is C34H53N5O6. The molecule has 3 amide bonds. The second-order valence-electron chi connectivity index (χ2n) is 14.1. The van der Waals surface area contributed by atoms with E-state index in [-0.39, 0.29) is 24.3 Å². The van der Waals surface area contributed by atoms with Crippen LogP contribution in [0.1, 0.15) is 83.8 Å². The zero-order valence-electron chi connectivity index (χ0n) is 28.3. The van der Waals surface area contributed by atoms with E-state index in [1.54, 1.807) is 14.2 Å². The molecular weight excluding hydrogens is 574 g/mol. The maximum Gasteiger partial charge on any atom is 0.407 e. The van der Waals surface area contributed by atoms with E-state index < -0.39 is 29.5 Å². The van der Waals surface area contributed by atoms with Crippen LogP contribution >= 0.6 is 0 Å². The number of unbranched alkanes of at least 4 members (excludes halogenated alkanes) is 1. The zero-order chi connectivity index (χ0) is 32.9. The Kier molecular flexibility index (Phi) is 11.4. The van der Waals surface area contributed by atoms with E-state index in [9.17, 15) is 19.5 Å². The second-order valence-corrected chi connectivity index (χ2v) is 14.1. The molecule has 11 nitrogen and oxygen atoms in total. The molecule has 0 aliphatic carbocycles. The van der Waals surface area contributed by atoms with Crippen LogP contribution in [0.25, 0.3) is 11.0 Å². The zero-order valence-corrected chi connectivity index (χ0v) is 28.3. The lowest BCUT2D eigenvalue weighted by Crippen LogP contribution is -2.66. The van der Waals surface area contributed by atoms with Gasteiger partial charge in [0.15, 0.2) is 5.82 Å². The lowest BCUT2D eigenvalue weighted by molar-refractivity contribution is -0.141. The Bertz CT molecular complexity index is 1330. The van der Waals surface area contributed by atoms with Gasteiger partial charge in [-0.15, -0.1) is 0 Å². The number of likely N-dealkylation sites (tertiary alicyclic amines) is 2. The van der Waals surface area contributed by atoms with Gasteiger partial charge in [-0.25, -0.2) is 9.78 Å². The summed E-state index contributed by atoms with van der Waals surface area (Å²) in [6, 6.07) is 4.64. The van der Waals surface area contributed by atoms with E-state index in [1.165, 1.54) is 4.90 Å². The van der Waals surface area contributed by atoms with E-state index in [2.05, 4.69) is 13.8 Å². The number of rotatable bonds is 11. The van der Waals surface area contributed by atoms with Gasteiger partial charge in [0.2, 0.25) is 5.91 Å². The number of ether oxygens (including phenoxy) is 2. The van der Waals surface area contributed by atoms with Crippen molar-refractivity contribution in [1.29, 1.82) is 0 Å². The molecule has 0 spiro atoms. The molecule has 2 saturated heterocycles. The number of carboxylic acid groups (broad SMARTS) is 1. The molecule has 2 fully saturated rings. The molecule has 1 N–H and O–H groups in total. The highest BCUT2D eigenvalue weighted by atomic mass is 16.5. The number of hydrogen-bond acceptors (Lipinski definition) is 6. The summed E-state index contributed by atoms with van der Waals surface area (Å²) in [6.45, 7) is 13.2. The fourth-order valence-corrected chi connectivity index (χ4v) is 7.23. The third-order valence-corrected chi connectivity index (χ3v) is 9.15. The predicted molar refractivity (Wildman–Crippen MR) is 174 cm³/mol. The molecule has 45 heavy (non-hydrogen) atoms. The number of imidazole rings is 1. The number of aromatic nitrogens is 2. The van der Waals surface area contributed by atoms with E-state index in [1.807, 2.05) is 53.3 Å². The average molecular weight is 628 g/mol. The van der Waals surface area contributed by atoms with Gasteiger partial charge < -0.3 is 33.8 Å². The van der Waals surface area contributed by atoms with E-state index in [0.717, 1.165) is 37.6 Å². The summed E-state index contributed by atoms with van der Waals surface area (Å²) in [7, 11) is 3.27. The first-order valence-corrected chi connectivity index (χ1v) is 16.5. The van der Waals surface area contributed by atoms with Crippen molar-refractivity contribution < 1.29 is 29.0 Å². The maximum atomic E-state index is 14.9. The highest BCUT2D eigenvalue weighted by Crippen LogP contribution is 2.39. The van der Waals surface area contributed by atoms with Gasteiger partial charge in [-0.2, -0.15) is 0 Å². The monoisotopic (exact) mass is 627 g/mol. The summed E-state index contributed by atoms with van der Waals surface area (Å²) in [4.78, 5) is 51.7. The minimum Gasteiger partial charge on any atom is -0.494 e.